The number of nitrogens with one attached hydrogen (secondary N) is 1. The van der Waals surface area contributed by atoms with Crippen molar-refractivity contribution in [1.82, 2.24) is 5.32 Å². The fraction of sp³-hybridized carbons (Fsp3) is 0.409. The van der Waals surface area contributed by atoms with E-state index >= 15 is 0 Å². The Hall–Kier alpha value is -2.74. The van der Waals surface area contributed by atoms with Gasteiger partial charge >= 0.3 is 0 Å². The van der Waals surface area contributed by atoms with E-state index in [9.17, 15) is 13.2 Å². The van der Waals surface area contributed by atoms with Gasteiger partial charge in [-0.15, -0.1) is 0 Å². The smallest absolute Gasteiger partial charge is 0.261 e. The van der Waals surface area contributed by atoms with Crippen LogP contribution in [-0.4, -0.2) is 46.4 Å². The fourth-order valence-corrected chi connectivity index (χ4v) is 3.15. The summed E-state index contributed by atoms with van der Waals surface area (Å²) in [5, 5.41) is 2.91. The number of rotatable bonds is 10. The molecule has 0 aromatic heterocycles. The molecule has 0 spiro atoms. The number of amides is 1. The SMILES string of the molecule is CCC(Oc1ccc(N(C)S(C)(=O)=O)cc1)C(=O)NC(C)COc1ccc(C)cc1. The Bertz CT molecular complexity index is 927. The maximum Gasteiger partial charge on any atom is 0.261 e. The number of nitrogens with zero attached hydrogens (tertiary/aromatic N) is 1. The fourth-order valence-electron chi connectivity index (χ4n) is 2.65. The van der Waals surface area contributed by atoms with Crippen LogP contribution in [0.25, 0.3) is 0 Å². The highest BCUT2D eigenvalue weighted by Crippen LogP contribution is 2.21. The number of anilines is 1. The van der Waals surface area contributed by atoms with Gasteiger partial charge in [0.25, 0.3) is 5.91 Å². The normalized spacial score (nSPS) is 13.2. The number of benzene rings is 2. The monoisotopic (exact) mass is 434 g/mol. The van der Waals surface area contributed by atoms with Gasteiger partial charge in [0.1, 0.15) is 18.1 Å². The molecule has 0 heterocycles. The van der Waals surface area contributed by atoms with Gasteiger partial charge in [-0.1, -0.05) is 24.6 Å². The van der Waals surface area contributed by atoms with E-state index in [-0.39, 0.29) is 11.9 Å². The summed E-state index contributed by atoms with van der Waals surface area (Å²) in [7, 11) is -1.85. The molecule has 8 heteroatoms. The summed E-state index contributed by atoms with van der Waals surface area (Å²) in [6, 6.07) is 14.1. The van der Waals surface area contributed by atoms with Crippen LogP contribution in [0, 0.1) is 6.92 Å². The first-order valence-corrected chi connectivity index (χ1v) is 11.7. The van der Waals surface area contributed by atoms with Crippen molar-refractivity contribution in [2.75, 3.05) is 24.2 Å². The zero-order valence-electron chi connectivity index (χ0n) is 18.1. The summed E-state index contributed by atoms with van der Waals surface area (Å²) in [4.78, 5) is 12.6. The average Bonchev–Trinajstić information content (AvgIpc) is 2.70. The number of carbonyl (C=O) groups excluding carboxylic acids is 1. The molecule has 0 saturated carbocycles. The van der Waals surface area contributed by atoms with Crippen molar-refractivity contribution in [2.45, 2.75) is 39.3 Å². The first-order chi connectivity index (χ1) is 14.1. The highest BCUT2D eigenvalue weighted by atomic mass is 32.2. The summed E-state index contributed by atoms with van der Waals surface area (Å²) in [6.45, 7) is 6.09. The number of aryl methyl sites for hydroxylation is 1. The number of hydrogen-bond acceptors (Lipinski definition) is 5. The molecule has 0 saturated heterocycles. The van der Waals surface area contributed by atoms with Crippen molar-refractivity contribution < 1.29 is 22.7 Å². The van der Waals surface area contributed by atoms with Crippen LogP contribution in [0.15, 0.2) is 48.5 Å². The second-order valence-corrected chi connectivity index (χ2v) is 9.29. The van der Waals surface area contributed by atoms with E-state index < -0.39 is 16.1 Å². The van der Waals surface area contributed by atoms with E-state index in [0.717, 1.165) is 17.6 Å². The summed E-state index contributed by atoms with van der Waals surface area (Å²) >= 11 is 0. The van der Waals surface area contributed by atoms with Crippen LogP contribution in [0.2, 0.25) is 0 Å². The standard InChI is InChI=1S/C22H30N2O5S/c1-6-21(29-20-13-9-18(10-14-20)24(4)30(5,26)27)22(25)23-17(3)15-28-19-11-7-16(2)8-12-19/h7-14,17,21H,6,15H2,1-5H3,(H,23,25). The second-order valence-electron chi connectivity index (χ2n) is 7.27. The van der Waals surface area contributed by atoms with Crippen LogP contribution in [-0.2, 0) is 14.8 Å². The zero-order chi connectivity index (χ0) is 22.3. The molecule has 0 radical (unpaired) electrons. The topological polar surface area (TPSA) is 84.9 Å². The largest absolute Gasteiger partial charge is 0.491 e. The molecule has 0 bridgehead atoms. The van der Waals surface area contributed by atoms with Crippen LogP contribution in [0.1, 0.15) is 25.8 Å². The van der Waals surface area contributed by atoms with Gasteiger partial charge in [-0.2, -0.15) is 0 Å². The molecule has 7 nitrogen and oxygen atoms in total. The van der Waals surface area contributed by atoms with E-state index in [1.54, 1.807) is 24.3 Å². The van der Waals surface area contributed by atoms with E-state index in [2.05, 4.69) is 5.32 Å². The van der Waals surface area contributed by atoms with Gasteiger partial charge in [0.15, 0.2) is 6.10 Å². The zero-order valence-corrected chi connectivity index (χ0v) is 18.9. The third kappa shape index (κ3) is 6.95. The molecule has 2 unspecified atom stereocenters. The van der Waals surface area contributed by atoms with Crippen molar-refractivity contribution >= 4 is 21.6 Å². The Kier molecular flexibility index (Phi) is 8.11. The lowest BCUT2D eigenvalue weighted by Gasteiger charge is -2.21. The predicted octanol–water partition coefficient (Wildman–Crippen LogP) is 3.13. The number of ether oxygens (including phenoxy) is 2. The van der Waals surface area contributed by atoms with Gasteiger partial charge in [0, 0.05) is 7.05 Å². The van der Waals surface area contributed by atoms with E-state index in [4.69, 9.17) is 9.47 Å². The Labute approximate surface area is 179 Å². The maximum atomic E-state index is 12.6. The van der Waals surface area contributed by atoms with E-state index in [0.29, 0.717) is 24.5 Å². The molecule has 2 aromatic rings. The van der Waals surface area contributed by atoms with Crippen molar-refractivity contribution in [2.24, 2.45) is 0 Å². The molecule has 2 rings (SSSR count). The van der Waals surface area contributed by atoms with Crippen molar-refractivity contribution in [3.63, 3.8) is 0 Å². The van der Waals surface area contributed by atoms with Crippen LogP contribution in [0.4, 0.5) is 5.69 Å². The van der Waals surface area contributed by atoms with Crippen molar-refractivity contribution in [3.05, 3.63) is 54.1 Å². The molecule has 164 valence electrons. The Morgan fingerprint density at radius 2 is 1.63 bits per heavy atom. The first-order valence-electron chi connectivity index (χ1n) is 9.80. The molecular formula is C22H30N2O5S. The molecule has 2 aromatic carbocycles. The minimum Gasteiger partial charge on any atom is -0.491 e. The van der Waals surface area contributed by atoms with Crippen LogP contribution < -0.4 is 19.1 Å². The Morgan fingerprint density at radius 3 is 2.17 bits per heavy atom. The molecule has 2 atom stereocenters. The van der Waals surface area contributed by atoms with Crippen molar-refractivity contribution in [1.29, 1.82) is 0 Å². The molecule has 30 heavy (non-hydrogen) atoms. The Balaban J connectivity index is 1.90. The van der Waals surface area contributed by atoms with Gasteiger partial charge < -0.3 is 14.8 Å². The molecule has 1 N–H and O–H groups in total. The highest BCUT2D eigenvalue weighted by molar-refractivity contribution is 7.92. The summed E-state index contributed by atoms with van der Waals surface area (Å²) in [6.07, 6.45) is 0.964. The molecule has 0 aliphatic carbocycles. The molecule has 1 amide bonds. The lowest BCUT2D eigenvalue weighted by atomic mass is 10.2. The number of hydrogen-bond donors (Lipinski definition) is 1. The summed E-state index contributed by atoms with van der Waals surface area (Å²) in [5.74, 6) is 1.02. The maximum absolute atomic E-state index is 12.6. The molecule has 0 fully saturated rings. The van der Waals surface area contributed by atoms with Gasteiger partial charge in [0.2, 0.25) is 10.0 Å². The minimum atomic E-state index is -3.33. The Morgan fingerprint density at radius 1 is 1.07 bits per heavy atom. The second kappa shape index (κ2) is 10.3. The average molecular weight is 435 g/mol. The van der Waals surface area contributed by atoms with Crippen LogP contribution in [0.3, 0.4) is 0 Å². The number of carbonyl (C=O) groups is 1. The predicted molar refractivity (Wildman–Crippen MR) is 119 cm³/mol. The highest BCUT2D eigenvalue weighted by Gasteiger charge is 2.21. The lowest BCUT2D eigenvalue weighted by molar-refractivity contribution is -0.128. The minimum absolute atomic E-state index is 0.192. The van der Waals surface area contributed by atoms with Gasteiger partial charge in [-0.25, -0.2) is 8.42 Å². The first kappa shape index (κ1) is 23.5. The third-order valence-electron chi connectivity index (χ3n) is 4.55. The van der Waals surface area contributed by atoms with Crippen LogP contribution >= 0.6 is 0 Å². The van der Waals surface area contributed by atoms with Gasteiger partial charge in [-0.3, -0.25) is 9.10 Å². The quantitative estimate of drug-likeness (QED) is 0.621. The summed E-state index contributed by atoms with van der Waals surface area (Å²) < 4.78 is 35.9. The van der Waals surface area contributed by atoms with Crippen LogP contribution in [0.5, 0.6) is 11.5 Å². The number of sulfonamides is 1. The third-order valence-corrected chi connectivity index (χ3v) is 5.75. The molecular weight excluding hydrogens is 404 g/mol. The van der Waals surface area contributed by atoms with E-state index in [1.165, 1.54) is 11.4 Å². The van der Waals surface area contributed by atoms with E-state index in [1.807, 2.05) is 45.0 Å². The molecule has 0 aliphatic heterocycles. The summed E-state index contributed by atoms with van der Waals surface area (Å²) in [5.41, 5.74) is 1.67. The van der Waals surface area contributed by atoms with Gasteiger partial charge in [0.05, 0.1) is 18.0 Å². The van der Waals surface area contributed by atoms with Gasteiger partial charge in [-0.05, 0) is 56.7 Å². The molecule has 0 aliphatic rings. The van der Waals surface area contributed by atoms with Crippen molar-refractivity contribution in [3.8, 4) is 11.5 Å². The lowest BCUT2D eigenvalue weighted by Crippen LogP contribution is -2.44.